The van der Waals surface area contributed by atoms with E-state index in [0.717, 1.165) is 31.5 Å². The molecular weight excluding hydrogens is 312 g/mol. The van der Waals surface area contributed by atoms with Gasteiger partial charge in [-0.1, -0.05) is 29.8 Å². The summed E-state index contributed by atoms with van der Waals surface area (Å²) < 4.78 is 0. The summed E-state index contributed by atoms with van der Waals surface area (Å²) in [5.74, 6) is 0.489. The average Bonchev–Trinajstić information content (AvgIpc) is 3.04. The molecule has 5 nitrogen and oxygen atoms in total. The van der Waals surface area contributed by atoms with Crippen molar-refractivity contribution in [2.75, 3.05) is 13.1 Å². The van der Waals surface area contributed by atoms with Gasteiger partial charge in [0.15, 0.2) is 0 Å². The number of halogens is 1. The van der Waals surface area contributed by atoms with Gasteiger partial charge in [-0.05, 0) is 31.7 Å². The average molecular weight is 333 g/mol. The number of nitrogens with one attached hydrogen (secondary N) is 1. The first-order chi connectivity index (χ1) is 11.1. The Balaban J connectivity index is 1.80. The van der Waals surface area contributed by atoms with E-state index in [-0.39, 0.29) is 11.9 Å². The number of carbonyl (C=O) groups is 1. The summed E-state index contributed by atoms with van der Waals surface area (Å²) in [6, 6.07) is 7.63. The summed E-state index contributed by atoms with van der Waals surface area (Å²) in [5, 5.41) is 7.55. The third kappa shape index (κ3) is 3.26. The van der Waals surface area contributed by atoms with Crippen LogP contribution in [0.25, 0.3) is 11.3 Å². The number of benzene rings is 1. The van der Waals surface area contributed by atoms with Gasteiger partial charge < -0.3 is 10.6 Å². The molecular formula is C17H21ClN4O. The topological polar surface area (TPSA) is 75.0 Å². The lowest BCUT2D eigenvalue weighted by Crippen LogP contribution is -2.42. The SMILES string of the molecule is CC(N)C1CCN(C(=O)c2cn[nH]c2-c2ccccc2Cl)CC1. The fourth-order valence-corrected chi connectivity index (χ4v) is 3.35. The number of piperidine rings is 1. The molecule has 1 aliphatic rings. The van der Waals surface area contributed by atoms with Crippen LogP contribution >= 0.6 is 11.6 Å². The third-order valence-corrected chi connectivity index (χ3v) is 4.91. The van der Waals surface area contributed by atoms with Crippen LogP contribution in [-0.4, -0.2) is 40.1 Å². The monoisotopic (exact) mass is 332 g/mol. The van der Waals surface area contributed by atoms with Crippen molar-refractivity contribution < 1.29 is 4.79 Å². The molecule has 0 aliphatic carbocycles. The molecule has 2 aromatic rings. The maximum Gasteiger partial charge on any atom is 0.257 e. The molecule has 1 atom stereocenters. The Labute approximate surface area is 140 Å². The molecule has 0 saturated carbocycles. The van der Waals surface area contributed by atoms with Crippen molar-refractivity contribution in [3.63, 3.8) is 0 Å². The number of aromatic amines is 1. The normalized spacial score (nSPS) is 17.3. The van der Waals surface area contributed by atoms with Crippen molar-refractivity contribution in [3.8, 4) is 11.3 Å². The van der Waals surface area contributed by atoms with Gasteiger partial charge in [0.25, 0.3) is 5.91 Å². The molecule has 1 saturated heterocycles. The van der Waals surface area contributed by atoms with Crippen LogP contribution < -0.4 is 5.73 Å². The largest absolute Gasteiger partial charge is 0.339 e. The standard InChI is InChI=1S/C17H21ClN4O/c1-11(19)12-6-8-22(9-7-12)17(23)14-10-20-21-16(14)13-4-2-3-5-15(13)18/h2-5,10-12H,6-9,19H2,1H3,(H,20,21). The molecule has 2 heterocycles. The molecule has 1 fully saturated rings. The van der Waals surface area contributed by atoms with Crippen LogP contribution in [0, 0.1) is 5.92 Å². The van der Waals surface area contributed by atoms with E-state index >= 15 is 0 Å². The summed E-state index contributed by atoms with van der Waals surface area (Å²) in [7, 11) is 0. The summed E-state index contributed by atoms with van der Waals surface area (Å²) in [6.45, 7) is 3.50. The molecule has 1 amide bonds. The fraction of sp³-hybridized carbons (Fsp3) is 0.412. The van der Waals surface area contributed by atoms with E-state index in [1.165, 1.54) is 0 Å². The minimum absolute atomic E-state index is 0.00297. The van der Waals surface area contributed by atoms with Gasteiger partial charge in [0.2, 0.25) is 0 Å². The van der Waals surface area contributed by atoms with Gasteiger partial charge in [0.05, 0.1) is 17.5 Å². The molecule has 1 aromatic carbocycles. The Bertz CT molecular complexity index is 689. The molecule has 0 radical (unpaired) electrons. The number of rotatable bonds is 3. The van der Waals surface area contributed by atoms with E-state index in [0.29, 0.717) is 22.2 Å². The Morgan fingerprint density at radius 3 is 2.74 bits per heavy atom. The van der Waals surface area contributed by atoms with E-state index in [9.17, 15) is 4.79 Å². The zero-order chi connectivity index (χ0) is 16.4. The third-order valence-electron chi connectivity index (χ3n) is 4.58. The van der Waals surface area contributed by atoms with E-state index in [4.69, 9.17) is 17.3 Å². The zero-order valence-corrected chi connectivity index (χ0v) is 13.9. The molecule has 1 aromatic heterocycles. The van der Waals surface area contributed by atoms with E-state index in [1.54, 1.807) is 12.3 Å². The number of amides is 1. The summed E-state index contributed by atoms with van der Waals surface area (Å²) >= 11 is 6.25. The van der Waals surface area contributed by atoms with Crippen LogP contribution in [0.3, 0.4) is 0 Å². The summed E-state index contributed by atoms with van der Waals surface area (Å²) in [5.41, 5.74) is 8.00. The number of nitrogens with zero attached hydrogens (tertiary/aromatic N) is 2. The molecule has 0 spiro atoms. The fourth-order valence-electron chi connectivity index (χ4n) is 3.12. The summed E-state index contributed by atoms with van der Waals surface area (Å²) in [4.78, 5) is 14.7. The van der Waals surface area contributed by atoms with Crippen LogP contribution in [0.2, 0.25) is 5.02 Å². The molecule has 3 rings (SSSR count). The minimum atomic E-state index is -0.00297. The van der Waals surface area contributed by atoms with Crippen molar-refractivity contribution in [1.82, 2.24) is 15.1 Å². The van der Waals surface area contributed by atoms with Gasteiger partial charge in [-0.15, -0.1) is 0 Å². The predicted molar refractivity (Wildman–Crippen MR) is 91.3 cm³/mol. The van der Waals surface area contributed by atoms with E-state index in [2.05, 4.69) is 10.2 Å². The lowest BCUT2D eigenvalue weighted by atomic mass is 9.90. The quantitative estimate of drug-likeness (QED) is 0.907. The Morgan fingerprint density at radius 1 is 1.39 bits per heavy atom. The Hall–Kier alpha value is -1.85. The predicted octanol–water partition coefficient (Wildman–Crippen LogP) is 2.93. The lowest BCUT2D eigenvalue weighted by molar-refractivity contribution is 0.0682. The summed E-state index contributed by atoms with van der Waals surface area (Å²) in [6.07, 6.45) is 3.48. The van der Waals surface area contributed by atoms with Crippen molar-refractivity contribution >= 4 is 17.5 Å². The minimum Gasteiger partial charge on any atom is -0.339 e. The van der Waals surface area contributed by atoms with E-state index < -0.39 is 0 Å². The molecule has 122 valence electrons. The highest BCUT2D eigenvalue weighted by molar-refractivity contribution is 6.33. The molecule has 6 heteroatoms. The van der Waals surface area contributed by atoms with Gasteiger partial charge in [-0.3, -0.25) is 9.89 Å². The highest BCUT2D eigenvalue weighted by atomic mass is 35.5. The first-order valence-electron chi connectivity index (χ1n) is 7.91. The highest BCUT2D eigenvalue weighted by Gasteiger charge is 2.27. The number of likely N-dealkylation sites (tertiary alicyclic amines) is 1. The number of H-pyrrole nitrogens is 1. The first-order valence-corrected chi connectivity index (χ1v) is 8.29. The van der Waals surface area contributed by atoms with Crippen molar-refractivity contribution in [3.05, 3.63) is 41.0 Å². The van der Waals surface area contributed by atoms with Gasteiger partial charge in [-0.25, -0.2) is 0 Å². The smallest absolute Gasteiger partial charge is 0.257 e. The molecule has 23 heavy (non-hydrogen) atoms. The van der Waals surface area contributed by atoms with Crippen molar-refractivity contribution in [2.24, 2.45) is 11.7 Å². The Morgan fingerprint density at radius 2 is 2.09 bits per heavy atom. The maximum atomic E-state index is 12.8. The van der Waals surface area contributed by atoms with Crippen LogP contribution in [0.15, 0.2) is 30.5 Å². The van der Waals surface area contributed by atoms with Crippen LogP contribution in [-0.2, 0) is 0 Å². The molecule has 0 bridgehead atoms. The highest BCUT2D eigenvalue weighted by Crippen LogP contribution is 2.30. The van der Waals surface area contributed by atoms with Crippen LogP contribution in [0.5, 0.6) is 0 Å². The second kappa shape index (κ2) is 6.72. The number of aromatic nitrogens is 2. The van der Waals surface area contributed by atoms with Gasteiger partial charge in [-0.2, -0.15) is 5.10 Å². The molecule has 3 N–H and O–H groups in total. The first kappa shape index (κ1) is 16.0. The number of nitrogens with two attached hydrogens (primary N) is 1. The number of hydrogen-bond donors (Lipinski definition) is 2. The van der Waals surface area contributed by atoms with Gasteiger partial charge >= 0.3 is 0 Å². The Kier molecular flexibility index (Phi) is 4.68. The second-order valence-corrected chi connectivity index (χ2v) is 6.53. The van der Waals surface area contributed by atoms with Gasteiger partial charge in [0.1, 0.15) is 0 Å². The maximum absolute atomic E-state index is 12.8. The van der Waals surface area contributed by atoms with Gasteiger partial charge in [0, 0.05) is 29.7 Å². The van der Waals surface area contributed by atoms with Crippen LogP contribution in [0.4, 0.5) is 0 Å². The van der Waals surface area contributed by atoms with Crippen molar-refractivity contribution in [2.45, 2.75) is 25.8 Å². The lowest BCUT2D eigenvalue weighted by Gasteiger charge is -2.33. The van der Waals surface area contributed by atoms with Crippen molar-refractivity contribution in [1.29, 1.82) is 0 Å². The number of hydrogen-bond acceptors (Lipinski definition) is 3. The molecule has 1 unspecified atom stereocenters. The zero-order valence-electron chi connectivity index (χ0n) is 13.1. The second-order valence-electron chi connectivity index (χ2n) is 6.13. The van der Waals surface area contributed by atoms with Crippen LogP contribution in [0.1, 0.15) is 30.1 Å². The molecule has 1 aliphatic heterocycles. The van der Waals surface area contributed by atoms with E-state index in [1.807, 2.05) is 30.0 Å². The number of carbonyl (C=O) groups excluding carboxylic acids is 1.